The van der Waals surface area contributed by atoms with E-state index in [0.717, 1.165) is 0 Å². The van der Waals surface area contributed by atoms with E-state index in [4.69, 9.17) is 4.74 Å². The van der Waals surface area contributed by atoms with Crippen LogP contribution in [0.2, 0.25) is 0 Å². The molecule has 4 heteroatoms. The summed E-state index contributed by atoms with van der Waals surface area (Å²) in [6, 6.07) is 0. The lowest BCUT2D eigenvalue weighted by atomic mass is 10.3. The summed E-state index contributed by atoms with van der Waals surface area (Å²) in [5, 5.41) is 0. The van der Waals surface area contributed by atoms with Gasteiger partial charge in [0.1, 0.15) is 6.61 Å². The number of hydrogen-bond donors (Lipinski definition) is 0. The highest BCUT2D eigenvalue weighted by atomic mass is 16.7. The van der Waals surface area contributed by atoms with E-state index in [1.807, 2.05) is 0 Å². The summed E-state index contributed by atoms with van der Waals surface area (Å²) in [6.07, 6.45) is 2.04. The van der Waals surface area contributed by atoms with Gasteiger partial charge in [-0.1, -0.05) is 0 Å². The Morgan fingerprint density at radius 3 is 3.10 bits per heavy atom. The fraction of sp³-hybridized carbons (Fsp3) is 0.333. The molecule has 0 saturated carbocycles. The molecule has 54 valence electrons. The molecule has 1 rings (SSSR count). The minimum Gasteiger partial charge on any atom is -0.434 e. The molecule has 0 spiro atoms. The van der Waals surface area contributed by atoms with Crippen LogP contribution in [0, 0.1) is 0 Å². The Labute approximate surface area is 57.4 Å². The van der Waals surface area contributed by atoms with Crippen LogP contribution >= 0.6 is 0 Å². The maximum absolute atomic E-state index is 10.5. The molecule has 0 aliphatic carbocycles. The first-order valence-electron chi connectivity index (χ1n) is 2.74. The van der Waals surface area contributed by atoms with E-state index in [9.17, 15) is 9.59 Å². The van der Waals surface area contributed by atoms with E-state index in [1.54, 1.807) is 0 Å². The van der Waals surface area contributed by atoms with Gasteiger partial charge in [-0.25, -0.2) is 0 Å². The molecule has 10 heavy (non-hydrogen) atoms. The quantitative estimate of drug-likeness (QED) is 0.494. The molecule has 0 N–H and O–H groups in total. The molecular formula is C6H6O4. The average Bonchev–Trinajstić information content (AvgIpc) is 1.95. The lowest BCUT2D eigenvalue weighted by Gasteiger charge is -2.13. The Morgan fingerprint density at radius 2 is 2.60 bits per heavy atom. The molecule has 0 aromatic heterocycles. The topological polar surface area (TPSA) is 52.6 Å². The van der Waals surface area contributed by atoms with Gasteiger partial charge in [0.05, 0.1) is 0 Å². The molecule has 1 heterocycles. The van der Waals surface area contributed by atoms with E-state index in [0.29, 0.717) is 0 Å². The largest absolute Gasteiger partial charge is 0.434 e. The normalized spacial score (nSPS) is 24.4. The van der Waals surface area contributed by atoms with Crippen molar-refractivity contribution in [2.45, 2.75) is 6.29 Å². The standard InChI is InChI=1S/C6H6O4/c7-4-10-6-2-1-5(8)3-9-6/h1-2,4,6H,3H2. The lowest BCUT2D eigenvalue weighted by Crippen LogP contribution is -2.22. The monoisotopic (exact) mass is 142 g/mol. The van der Waals surface area contributed by atoms with Crippen molar-refractivity contribution in [1.29, 1.82) is 0 Å². The van der Waals surface area contributed by atoms with Gasteiger partial charge in [0, 0.05) is 0 Å². The van der Waals surface area contributed by atoms with Crippen molar-refractivity contribution in [2.75, 3.05) is 6.61 Å². The minimum absolute atomic E-state index is 0.0188. The van der Waals surface area contributed by atoms with Crippen LogP contribution in [0.1, 0.15) is 0 Å². The molecule has 4 nitrogen and oxygen atoms in total. The number of ether oxygens (including phenoxy) is 2. The van der Waals surface area contributed by atoms with Crippen molar-refractivity contribution in [1.82, 2.24) is 0 Å². The van der Waals surface area contributed by atoms with E-state index in [1.165, 1.54) is 12.2 Å². The molecule has 1 unspecified atom stereocenters. The van der Waals surface area contributed by atoms with E-state index in [-0.39, 0.29) is 18.9 Å². The molecule has 1 aliphatic rings. The Balaban J connectivity index is 2.44. The van der Waals surface area contributed by atoms with Gasteiger partial charge in [-0.2, -0.15) is 0 Å². The predicted octanol–water partition coefficient (Wildman–Crippen LogP) is -0.359. The second-order valence-electron chi connectivity index (χ2n) is 1.74. The van der Waals surface area contributed by atoms with Crippen LogP contribution in [0.25, 0.3) is 0 Å². The third-order valence-electron chi connectivity index (χ3n) is 1.02. The first-order valence-corrected chi connectivity index (χ1v) is 2.74. The van der Waals surface area contributed by atoms with E-state index < -0.39 is 6.29 Å². The first-order chi connectivity index (χ1) is 4.83. The number of carbonyl (C=O) groups is 2. The van der Waals surface area contributed by atoms with Crippen LogP contribution in [-0.2, 0) is 19.1 Å². The van der Waals surface area contributed by atoms with Crippen LogP contribution < -0.4 is 0 Å². The summed E-state index contributed by atoms with van der Waals surface area (Å²) in [6.45, 7) is 0.264. The summed E-state index contributed by atoms with van der Waals surface area (Å²) in [5.41, 5.74) is 0. The number of hydrogen-bond acceptors (Lipinski definition) is 4. The lowest BCUT2D eigenvalue weighted by molar-refractivity contribution is -0.158. The maximum atomic E-state index is 10.5. The summed E-state index contributed by atoms with van der Waals surface area (Å²) in [4.78, 5) is 20.2. The van der Waals surface area contributed by atoms with Gasteiger partial charge in [0.15, 0.2) is 5.78 Å². The molecular weight excluding hydrogens is 136 g/mol. The van der Waals surface area contributed by atoms with Gasteiger partial charge in [0.25, 0.3) is 6.47 Å². The second-order valence-corrected chi connectivity index (χ2v) is 1.74. The number of ketones is 1. The molecule has 1 aliphatic heterocycles. The van der Waals surface area contributed by atoms with Crippen LogP contribution in [0.3, 0.4) is 0 Å². The van der Waals surface area contributed by atoms with Crippen LogP contribution in [0.4, 0.5) is 0 Å². The van der Waals surface area contributed by atoms with Crippen LogP contribution in [0.5, 0.6) is 0 Å². The van der Waals surface area contributed by atoms with Crippen LogP contribution in [0.15, 0.2) is 12.2 Å². The fourth-order valence-corrected chi connectivity index (χ4v) is 0.593. The Kier molecular flexibility index (Phi) is 2.17. The molecule has 0 saturated heterocycles. The second kappa shape index (κ2) is 3.12. The SMILES string of the molecule is O=COC1C=CC(=O)CO1. The first kappa shape index (κ1) is 6.95. The van der Waals surface area contributed by atoms with Crippen molar-refractivity contribution in [2.24, 2.45) is 0 Å². The summed E-state index contributed by atoms with van der Waals surface area (Å²) in [5.74, 6) is -0.120. The molecule has 0 aromatic carbocycles. The molecule has 0 radical (unpaired) electrons. The highest BCUT2D eigenvalue weighted by Crippen LogP contribution is 2.01. The zero-order chi connectivity index (χ0) is 7.40. The van der Waals surface area contributed by atoms with Gasteiger partial charge in [-0.15, -0.1) is 0 Å². The van der Waals surface area contributed by atoms with Gasteiger partial charge in [0.2, 0.25) is 6.29 Å². The summed E-state index contributed by atoms with van der Waals surface area (Å²) >= 11 is 0. The fourth-order valence-electron chi connectivity index (χ4n) is 0.593. The Bertz CT molecular complexity index is 173. The summed E-state index contributed by atoms with van der Waals surface area (Å²) < 4.78 is 9.13. The van der Waals surface area contributed by atoms with Gasteiger partial charge in [-0.05, 0) is 12.2 Å². The molecule has 0 bridgehead atoms. The van der Waals surface area contributed by atoms with Gasteiger partial charge < -0.3 is 9.47 Å². The average molecular weight is 142 g/mol. The highest BCUT2D eigenvalue weighted by Gasteiger charge is 2.12. The van der Waals surface area contributed by atoms with Gasteiger partial charge >= 0.3 is 0 Å². The smallest absolute Gasteiger partial charge is 0.295 e. The van der Waals surface area contributed by atoms with Crippen molar-refractivity contribution < 1.29 is 19.1 Å². The molecule has 0 amide bonds. The van der Waals surface area contributed by atoms with Crippen LogP contribution in [-0.4, -0.2) is 25.2 Å². The molecule has 1 atom stereocenters. The van der Waals surface area contributed by atoms with E-state index in [2.05, 4.69) is 4.74 Å². The third kappa shape index (κ3) is 1.66. The minimum atomic E-state index is -0.685. The van der Waals surface area contributed by atoms with Crippen molar-refractivity contribution in [3.8, 4) is 0 Å². The number of carbonyl (C=O) groups excluding carboxylic acids is 2. The third-order valence-corrected chi connectivity index (χ3v) is 1.02. The zero-order valence-electron chi connectivity index (χ0n) is 5.15. The van der Waals surface area contributed by atoms with Crippen molar-refractivity contribution >= 4 is 12.3 Å². The highest BCUT2D eigenvalue weighted by molar-refractivity contribution is 5.91. The Morgan fingerprint density at radius 1 is 1.80 bits per heavy atom. The zero-order valence-corrected chi connectivity index (χ0v) is 5.15. The molecule has 0 aromatic rings. The number of rotatable bonds is 2. The predicted molar refractivity (Wildman–Crippen MR) is 31.0 cm³/mol. The van der Waals surface area contributed by atoms with Crippen molar-refractivity contribution in [3.63, 3.8) is 0 Å². The van der Waals surface area contributed by atoms with Crippen molar-refractivity contribution in [3.05, 3.63) is 12.2 Å². The Hall–Kier alpha value is -1.16. The summed E-state index contributed by atoms with van der Waals surface area (Å²) in [7, 11) is 0. The van der Waals surface area contributed by atoms with Gasteiger partial charge in [-0.3, -0.25) is 9.59 Å². The van der Waals surface area contributed by atoms with E-state index >= 15 is 0 Å². The molecule has 0 fully saturated rings. The maximum Gasteiger partial charge on any atom is 0.295 e.